The number of carbonyl (C=O) groups excluding carboxylic acids is 2. The first-order chi connectivity index (χ1) is 11.9. The summed E-state index contributed by atoms with van der Waals surface area (Å²) in [6.07, 6.45) is 12.7. The van der Waals surface area contributed by atoms with Gasteiger partial charge in [0, 0.05) is 18.3 Å². The molecular weight excluding hydrogens is 320 g/mol. The third kappa shape index (κ3) is 12.3. The van der Waals surface area contributed by atoms with Crippen molar-refractivity contribution in [1.82, 2.24) is 0 Å². The van der Waals surface area contributed by atoms with Gasteiger partial charge in [0.25, 0.3) is 0 Å². The van der Waals surface area contributed by atoms with E-state index in [9.17, 15) is 19.5 Å². The third-order valence-electron chi connectivity index (χ3n) is 4.12. The average Bonchev–Trinajstić information content (AvgIpc) is 2.56. The van der Waals surface area contributed by atoms with E-state index in [0.29, 0.717) is 25.5 Å². The first-order valence-electron chi connectivity index (χ1n) is 9.11. The van der Waals surface area contributed by atoms with E-state index < -0.39 is 23.9 Å². The Morgan fingerprint density at radius 3 is 2.36 bits per heavy atom. The van der Waals surface area contributed by atoms with Gasteiger partial charge in [-0.2, -0.15) is 0 Å². The highest BCUT2D eigenvalue weighted by Crippen LogP contribution is 2.20. The van der Waals surface area contributed by atoms with Gasteiger partial charge >= 0.3 is 5.97 Å². The highest BCUT2D eigenvalue weighted by molar-refractivity contribution is 5.82. The summed E-state index contributed by atoms with van der Waals surface area (Å²) in [6.45, 7) is 3.56. The zero-order valence-corrected chi connectivity index (χ0v) is 15.4. The van der Waals surface area contributed by atoms with Crippen molar-refractivity contribution in [3.8, 4) is 0 Å². The second kappa shape index (κ2) is 14.6. The predicted molar refractivity (Wildman–Crippen MR) is 98.3 cm³/mol. The van der Waals surface area contributed by atoms with Crippen LogP contribution in [0.25, 0.3) is 0 Å². The van der Waals surface area contributed by atoms with Crippen LogP contribution >= 0.6 is 0 Å². The van der Waals surface area contributed by atoms with Crippen molar-refractivity contribution in [2.75, 3.05) is 0 Å². The van der Waals surface area contributed by atoms with Crippen LogP contribution in [-0.4, -0.2) is 34.4 Å². The maximum absolute atomic E-state index is 11.7. The number of rotatable bonds is 15. The second-order valence-electron chi connectivity index (χ2n) is 6.37. The SMILES string of the molecule is CCCCC/C=C\C[C@H](O)/C=C/[C@H](C=O)[C@@H](CCCC(=O)O)C(C)=O. The summed E-state index contributed by atoms with van der Waals surface area (Å²) in [6, 6.07) is 0. The van der Waals surface area contributed by atoms with Gasteiger partial charge in [0.15, 0.2) is 0 Å². The Labute approximate surface area is 150 Å². The van der Waals surface area contributed by atoms with Gasteiger partial charge in [0.1, 0.15) is 12.1 Å². The molecule has 0 radical (unpaired) electrons. The molecule has 3 atom stereocenters. The molecule has 5 nitrogen and oxygen atoms in total. The fraction of sp³-hybridized carbons (Fsp3) is 0.650. The quantitative estimate of drug-likeness (QED) is 0.266. The van der Waals surface area contributed by atoms with E-state index >= 15 is 0 Å². The fourth-order valence-corrected chi connectivity index (χ4v) is 2.62. The van der Waals surface area contributed by atoms with E-state index in [4.69, 9.17) is 5.11 Å². The smallest absolute Gasteiger partial charge is 0.303 e. The topological polar surface area (TPSA) is 91.7 Å². The number of hydrogen-bond acceptors (Lipinski definition) is 4. The van der Waals surface area contributed by atoms with Crippen LogP contribution in [0.3, 0.4) is 0 Å². The van der Waals surface area contributed by atoms with Crippen LogP contribution in [0.4, 0.5) is 0 Å². The van der Waals surface area contributed by atoms with Crippen molar-refractivity contribution in [1.29, 1.82) is 0 Å². The molecule has 0 aliphatic rings. The van der Waals surface area contributed by atoms with Crippen molar-refractivity contribution < 1.29 is 24.6 Å². The summed E-state index contributed by atoms with van der Waals surface area (Å²) in [5.74, 6) is -2.22. The van der Waals surface area contributed by atoms with Gasteiger partial charge < -0.3 is 15.0 Å². The van der Waals surface area contributed by atoms with Crippen molar-refractivity contribution in [2.24, 2.45) is 11.8 Å². The first kappa shape index (κ1) is 23.2. The highest BCUT2D eigenvalue weighted by Gasteiger charge is 2.23. The summed E-state index contributed by atoms with van der Waals surface area (Å²) in [5, 5.41) is 18.6. The van der Waals surface area contributed by atoms with Crippen molar-refractivity contribution in [3.05, 3.63) is 24.3 Å². The van der Waals surface area contributed by atoms with Gasteiger partial charge in [0.2, 0.25) is 0 Å². The molecule has 0 aliphatic heterocycles. The number of aliphatic carboxylic acids is 1. The largest absolute Gasteiger partial charge is 0.481 e. The molecule has 0 aromatic rings. The minimum Gasteiger partial charge on any atom is -0.481 e. The lowest BCUT2D eigenvalue weighted by Gasteiger charge is -2.17. The number of hydrogen-bond donors (Lipinski definition) is 2. The minimum atomic E-state index is -0.915. The van der Waals surface area contributed by atoms with Crippen LogP contribution in [0.2, 0.25) is 0 Å². The van der Waals surface area contributed by atoms with E-state index in [0.717, 1.165) is 12.8 Å². The molecule has 0 aliphatic carbocycles. The summed E-state index contributed by atoms with van der Waals surface area (Å²) >= 11 is 0. The van der Waals surface area contributed by atoms with E-state index in [1.165, 1.54) is 19.8 Å². The number of unbranched alkanes of at least 4 members (excludes halogenated alkanes) is 3. The fourth-order valence-electron chi connectivity index (χ4n) is 2.62. The van der Waals surface area contributed by atoms with Crippen LogP contribution < -0.4 is 0 Å². The van der Waals surface area contributed by atoms with Crippen LogP contribution in [0, 0.1) is 11.8 Å². The average molecular weight is 352 g/mol. The number of carboxylic acid groups (broad SMARTS) is 1. The van der Waals surface area contributed by atoms with Crippen LogP contribution in [0.1, 0.15) is 65.2 Å². The molecule has 0 bridgehead atoms. The van der Waals surface area contributed by atoms with Crippen molar-refractivity contribution in [2.45, 2.75) is 71.3 Å². The Morgan fingerprint density at radius 1 is 1.08 bits per heavy atom. The van der Waals surface area contributed by atoms with E-state index in [-0.39, 0.29) is 12.2 Å². The number of aliphatic hydroxyl groups is 1. The Balaban J connectivity index is 4.48. The number of ketones is 1. The summed E-state index contributed by atoms with van der Waals surface area (Å²) in [4.78, 5) is 33.6. The highest BCUT2D eigenvalue weighted by atomic mass is 16.4. The number of Topliss-reactive ketones (excluding diaryl/α,β-unsaturated/α-hetero) is 1. The minimum absolute atomic E-state index is 0.0233. The Hall–Kier alpha value is -1.75. The number of aldehydes is 1. The van der Waals surface area contributed by atoms with E-state index in [1.54, 1.807) is 12.2 Å². The Kier molecular flexibility index (Phi) is 13.6. The molecule has 142 valence electrons. The van der Waals surface area contributed by atoms with E-state index in [1.807, 2.05) is 12.2 Å². The van der Waals surface area contributed by atoms with E-state index in [2.05, 4.69) is 6.92 Å². The van der Waals surface area contributed by atoms with Crippen LogP contribution in [0.15, 0.2) is 24.3 Å². The van der Waals surface area contributed by atoms with Crippen molar-refractivity contribution in [3.63, 3.8) is 0 Å². The monoisotopic (exact) mass is 352 g/mol. The molecule has 5 heteroatoms. The molecular formula is C20H32O5. The molecule has 25 heavy (non-hydrogen) atoms. The molecule has 0 spiro atoms. The molecule has 0 rings (SSSR count). The third-order valence-corrected chi connectivity index (χ3v) is 4.12. The van der Waals surface area contributed by atoms with Crippen LogP contribution in [-0.2, 0) is 14.4 Å². The van der Waals surface area contributed by atoms with Gasteiger partial charge in [0.05, 0.1) is 6.10 Å². The zero-order chi connectivity index (χ0) is 19.1. The number of aliphatic hydroxyl groups excluding tert-OH is 1. The predicted octanol–water partition coefficient (Wildman–Crippen LogP) is 3.71. The zero-order valence-electron chi connectivity index (χ0n) is 15.4. The Morgan fingerprint density at radius 2 is 1.80 bits per heavy atom. The molecule has 0 unspecified atom stereocenters. The number of allylic oxidation sites excluding steroid dienone is 2. The van der Waals surface area contributed by atoms with Gasteiger partial charge in [-0.15, -0.1) is 0 Å². The number of carbonyl (C=O) groups is 3. The molecule has 0 aromatic heterocycles. The summed E-state index contributed by atoms with van der Waals surface area (Å²) in [5.41, 5.74) is 0. The molecule has 0 amide bonds. The lowest BCUT2D eigenvalue weighted by molar-refractivity contribution is -0.137. The first-order valence-corrected chi connectivity index (χ1v) is 9.11. The van der Waals surface area contributed by atoms with Crippen molar-refractivity contribution >= 4 is 18.0 Å². The molecule has 2 N–H and O–H groups in total. The summed E-state index contributed by atoms with van der Waals surface area (Å²) < 4.78 is 0. The lowest BCUT2D eigenvalue weighted by Crippen LogP contribution is -2.22. The summed E-state index contributed by atoms with van der Waals surface area (Å²) in [7, 11) is 0. The maximum Gasteiger partial charge on any atom is 0.303 e. The lowest BCUT2D eigenvalue weighted by atomic mass is 9.85. The molecule has 0 saturated heterocycles. The van der Waals surface area contributed by atoms with Gasteiger partial charge in [-0.1, -0.05) is 44.1 Å². The normalized spacial score (nSPS) is 15.3. The maximum atomic E-state index is 11.7. The molecule has 0 fully saturated rings. The molecule has 0 heterocycles. The molecule has 0 aromatic carbocycles. The second-order valence-corrected chi connectivity index (χ2v) is 6.37. The molecule has 0 saturated carbocycles. The Bertz CT molecular complexity index is 453. The number of carboxylic acids is 1. The van der Waals surface area contributed by atoms with Crippen LogP contribution in [0.5, 0.6) is 0 Å². The van der Waals surface area contributed by atoms with Gasteiger partial charge in [-0.25, -0.2) is 0 Å². The van der Waals surface area contributed by atoms with Gasteiger partial charge in [-0.05, 0) is 39.0 Å². The standard InChI is InChI=1S/C20H32O5/c1-3-4-5-6-7-8-10-18(23)14-13-17(15-21)19(16(2)22)11-9-12-20(24)25/h7-8,13-15,17-19,23H,3-6,9-12H2,1-2H3,(H,24,25)/b8-7-,14-13+/t17-,18+,19+/m1/s1. The van der Waals surface area contributed by atoms with Gasteiger partial charge in [-0.3, -0.25) is 9.59 Å².